The summed E-state index contributed by atoms with van der Waals surface area (Å²) in [7, 11) is 0. The highest BCUT2D eigenvalue weighted by atomic mass is 19.4. The quantitative estimate of drug-likeness (QED) is 0.871. The van der Waals surface area contributed by atoms with Crippen LogP contribution in [0.25, 0.3) is 0 Å². The molecular formula is C17H20F3N3O2. The number of hydrogen-bond donors (Lipinski definition) is 2. The van der Waals surface area contributed by atoms with Crippen molar-refractivity contribution in [2.45, 2.75) is 37.9 Å². The van der Waals surface area contributed by atoms with Gasteiger partial charge in [0.1, 0.15) is 0 Å². The predicted molar refractivity (Wildman–Crippen MR) is 86.4 cm³/mol. The number of benzene rings is 1. The molecule has 2 saturated heterocycles. The number of amides is 2. The fourth-order valence-electron chi connectivity index (χ4n) is 3.23. The van der Waals surface area contributed by atoms with Crippen LogP contribution in [-0.4, -0.2) is 37.5 Å². The van der Waals surface area contributed by atoms with E-state index in [0.717, 1.165) is 31.5 Å². The number of carbonyl (C=O) groups excluding carboxylic acids is 2. The Kier molecular flexibility index (Phi) is 4.99. The topological polar surface area (TPSA) is 61.4 Å². The van der Waals surface area contributed by atoms with Crippen molar-refractivity contribution in [3.63, 3.8) is 0 Å². The van der Waals surface area contributed by atoms with E-state index in [-0.39, 0.29) is 23.2 Å². The Labute approximate surface area is 143 Å². The predicted octanol–water partition coefficient (Wildman–Crippen LogP) is 2.31. The van der Waals surface area contributed by atoms with Crippen molar-refractivity contribution in [2.24, 2.45) is 0 Å². The molecule has 5 nitrogen and oxygen atoms in total. The van der Waals surface area contributed by atoms with Gasteiger partial charge in [0.05, 0.1) is 5.56 Å². The largest absolute Gasteiger partial charge is 0.416 e. The molecular weight excluding hydrogens is 335 g/mol. The summed E-state index contributed by atoms with van der Waals surface area (Å²) in [5, 5.41) is 5.89. The first kappa shape index (κ1) is 17.7. The molecule has 2 aliphatic heterocycles. The number of rotatable bonds is 4. The van der Waals surface area contributed by atoms with Crippen LogP contribution in [0.3, 0.4) is 0 Å². The van der Waals surface area contributed by atoms with Gasteiger partial charge in [-0.3, -0.25) is 9.59 Å². The lowest BCUT2D eigenvalue weighted by Crippen LogP contribution is -2.37. The smallest absolute Gasteiger partial charge is 0.350 e. The Hall–Kier alpha value is -2.09. The van der Waals surface area contributed by atoms with Crippen LogP contribution >= 0.6 is 0 Å². The van der Waals surface area contributed by atoms with Crippen LogP contribution < -0.4 is 15.5 Å². The maximum atomic E-state index is 13.2. The van der Waals surface area contributed by atoms with Crippen LogP contribution in [0.1, 0.15) is 41.6 Å². The third-order valence-corrected chi connectivity index (χ3v) is 4.56. The minimum absolute atomic E-state index is 0.0810. The van der Waals surface area contributed by atoms with Crippen molar-refractivity contribution in [3.05, 3.63) is 29.3 Å². The van der Waals surface area contributed by atoms with E-state index in [9.17, 15) is 22.8 Å². The standard InChI is InChI=1S/C17H20F3N3O2/c18-17(19,20)12-7-11(16(25)22-10-13-3-1-5-21-13)8-14(9-12)23-6-2-4-15(23)24/h7-9,13,21H,1-6,10H2,(H,22,25). The van der Waals surface area contributed by atoms with Crippen LogP contribution in [-0.2, 0) is 11.0 Å². The van der Waals surface area contributed by atoms with Crippen molar-refractivity contribution in [1.82, 2.24) is 10.6 Å². The van der Waals surface area contributed by atoms with Crippen LogP contribution in [0.15, 0.2) is 18.2 Å². The van der Waals surface area contributed by atoms with Crippen molar-refractivity contribution in [3.8, 4) is 0 Å². The summed E-state index contributed by atoms with van der Waals surface area (Å²) < 4.78 is 39.5. The fourth-order valence-corrected chi connectivity index (χ4v) is 3.23. The highest BCUT2D eigenvalue weighted by Crippen LogP contribution is 2.34. The second kappa shape index (κ2) is 7.03. The van der Waals surface area contributed by atoms with Crippen molar-refractivity contribution >= 4 is 17.5 Å². The number of anilines is 1. The summed E-state index contributed by atoms with van der Waals surface area (Å²) in [6.07, 6.45) is -1.72. The first-order chi connectivity index (χ1) is 11.8. The zero-order valence-corrected chi connectivity index (χ0v) is 13.7. The Bertz CT molecular complexity index is 670. The van der Waals surface area contributed by atoms with E-state index in [1.54, 1.807) is 0 Å². The number of nitrogens with zero attached hydrogens (tertiary/aromatic N) is 1. The van der Waals surface area contributed by atoms with Crippen molar-refractivity contribution in [1.29, 1.82) is 0 Å². The first-order valence-electron chi connectivity index (χ1n) is 8.39. The number of carbonyl (C=O) groups is 2. The van der Waals surface area contributed by atoms with Gasteiger partial charge in [0.15, 0.2) is 0 Å². The molecule has 0 bridgehead atoms. The van der Waals surface area contributed by atoms with E-state index in [1.807, 2.05) is 0 Å². The monoisotopic (exact) mass is 355 g/mol. The van der Waals surface area contributed by atoms with Gasteiger partial charge in [-0.15, -0.1) is 0 Å². The molecule has 1 atom stereocenters. The summed E-state index contributed by atoms with van der Waals surface area (Å²) >= 11 is 0. The second-order valence-corrected chi connectivity index (χ2v) is 6.42. The van der Waals surface area contributed by atoms with E-state index >= 15 is 0 Å². The molecule has 2 heterocycles. The molecule has 0 aliphatic carbocycles. The fraction of sp³-hybridized carbons (Fsp3) is 0.529. The number of hydrogen-bond acceptors (Lipinski definition) is 3. The summed E-state index contributed by atoms with van der Waals surface area (Å²) in [6.45, 7) is 1.62. The third kappa shape index (κ3) is 4.12. The lowest BCUT2D eigenvalue weighted by Gasteiger charge is -2.19. The zero-order chi connectivity index (χ0) is 18.0. The molecule has 1 aromatic carbocycles. The molecule has 136 valence electrons. The molecule has 2 N–H and O–H groups in total. The summed E-state index contributed by atoms with van der Waals surface area (Å²) in [4.78, 5) is 25.5. The van der Waals surface area contributed by atoms with Gasteiger partial charge < -0.3 is 15.5 Å². The summed E-state index contributed by atoms with van der Waals surface area (Å²) in [5.74, 6) is -0.784. The van der Waals surface area contributed by atoms with Gasteiger partial charge in [-0.05, 0) is 44.0 Å². The van der Waals surface area contributed by atoms with Crippen LogP contribution in [0.4, 0.5) is 18.9 Å². The molecule has 0 saturated carbocycles. The number of halogens is 3. The minimum atomic E-state index is -4.58. The Morgan fingerprint density at radius 1 is 1.28 bits per heavy atom. The SMILES string of the molecule is O=C(NCC1CCCN1)c1cc(N2CCCC2=O)cc(C(F)(F)F)c1. The van der Waals surface area contributed by atoms with Gasteiger partial charge in [0.25, 0.3) is 5.91 Å². The van der Waals surface area contributed by atoms with Crippen LogP contribution in [0.2, 0.25) is 0 Å². The normalized spacial score (nSPS) is 21.0. The van der Waals surface area contributed by atoms with Gasteiger partial charge >= 0.3 is 6.18 Å². The Morgan fingerprint density at radius 2 is 2.08 bits per heavy atom. The lowest BCUT2D eigenvalue weighted by molar-refractivity contribution is -0.137. The maximum Gasteiger partial charge on any atom is 0.416 e. The van der Waals surface area contributed by atoms with Crippen LogP contribution in [0, 0.1) is 0 Å². The highest BCUT2D eigenvalue weighted by Gasteiger charge is 2.33. The van der Waals surface area contributed by atoms with Gasteiger partial charge in [-0.2, -0.15) is 13.2 Å². The summed E-state index contributed by atoms with van der Waals surface area (Å²) in [6, 6.07) is 3.27. The van der Waals surface area contributed by atoms with Gasteiger partial charge in [0, 0.05) is 36.8 Å². The molecule has 3 rings (SSSR count). The molecule has 2 fully saturated rings. The maximum absolute atomic E-state index is 13.2. The Morgan fingerprint density at radius 3 is 2.68 bits per heavy atom. The van der Waals surface area contributed by atoms with Gasteiger partial charge in [0.2, 0.25) is 5.91 Å². The minimum Gasteiger partial charge on any atom is -0.350 e. The molecule has 0 spiro atoms. The second-order valence-electron chi connectivity index (χ2n) is 6.42. The van der Waals surface area contributed by atoms with Crippen molar-refractivity contribution < 1.29 is 22.8 Å². The average molecular weight is 355 g/mol. The van der Waals surface area contributed by atoms with E-state index in [2.05, 4.69) is 10.6 Å². The molecule has 1 aromatic rings. The molecule has 0 radical (unpaired) electrons. The van der Waals surface area contributed by atoms with Crippen molar-refractivity contribution in [2.75, 3.05) is 24.5 Å². The number of nitrogens with one attached hydrogen (secondary N) is 2. The highest BCUT2D eigenvalue weighted by molar-refractivity contribution is 5.99. The number of alkyl halides is 3. The average Bonchev–Trinajstić information content (AvgIpc) is 3.22. The van der Waals surface area contributed by atoms with E-state index in [4.69, 9.17) is 0 Å². The van der Waals surface area contributed by atoms with Gasteiger partial charge in [-0.25, -0.2) is 0 Å². The molecule has 8 heteroatoms. The lowest BCUT2D eigenvalue weighted by atomic mass is 10.1. The summed E-state index contributed by atoms with van der Waals surface area (Å²) in [5.41, 5.74) is -0.877. The molecule has 25 heavy (non-hydrogen) atoms. The zero-order valence-electron chi connectivity index (χ0n) is 13.7. The van der Waals surface area contributed by atoms with E-state index in [0.29, 0.717) is 25.9 Å². The molecule has 2 aliphatic rings. The molecule has 0 aromatic heterocycles. The molecule has 1 unspecified atom stereocenters. The molecule has 2 amide bonds. The van der Waals surface area contributed by atoms with Gasteiger partial charge in [-0.1, -0.05) is 0 Å². The third-order valence-electron chi connectivity index (χ3n) is 4.56. The van der Waals surface area contributed by atoms with Crippen LogP contribution in [0.5, 0.6) is 0 Å². The first-order valence-corrected chi connectivity index (χ1v) is 8.39. The van der Waals surface area contributed by atoms with E-state index < -0.39 is 17.6 Å². The van der Waals surface area contributed by atoms with E-state index in [1.165, 1.54) is 11.0 Å². The Balaban J connectivity index is 1.83.